The molecular formula is C24H31ClN4O4S. The Kier molecular flexibility index (Phi) is 7.07. The number of nitrogens with one attached hydrogen (secondary N) is 2. The van der Waals surface area contributed by atoms with Gasteiger partial charge in [0.2, 0.25) is 15.9 Å². The highest BCUT2D eigenvalue weighted by atomic mass is 35.5. The third kappa shape index (κ3) is 4.74. The highest BCUT2D eigenvalue weighted by Crippen LogP contribution is 2.32. The molecule has 0 spiro atoms. The SMILES string of the molecule is Cc1ccc(Cl)cc1NC(=O)C1CCN(S(=O)(=O)c2c(C)[nH]c(C)c2C(=O)N2CCCC2)CC1. The zero-order valence-corrected chi connectivity index (χ0v) is 21.4. The van der Waals surface area contributed by atoms with Crippen LogP contribution in [0.15, 0.2) is 23.1 Å². The van der Waals surface area contributed by atoms with Gasteiger partial charge in [-0.05, 0) is 64.2 Å². The maximum atomic E-state index is 13.6. The molecule has 2 aromatic rings. The second-order valence-electron chi connectivity index (χ2n) is 9.21. The van der Waals surface area contributed by atoms with Crippen molar-refractivity contribution in [2.75, 3.05) is 31.5 Å². The number of sulfonamides is 1. The first kappa shape index (κ1) is 24.8. The number of hydrogen-bond acceptors (Lipinski definition) is 4. The van der Waals surface area contributed by atoms with Crippen LogP contribution >= 0.6 is 11.6 Å². The van der Waals surface area contributed by atoms with Crippen molar-refractivity contribution in [3.8, 4) is 0 Å². The number of rotatable bonds is 5. The summed E-state index contributed by atoms with van der Waals surface area (Å²) < 4.78 is 28.7. The van der Waals surface area contributed by atoms with Gasteiger partial charge < -0.3 is 15.2 Å². The third-order valence-corrected chi connectivity index (χ3v) is 9.11. The molecule has 0 aliphatic carbocycles. The number of likely N-dealkylation sites (tertiary alicyclic amines) is 1. The second kappa shape index (κ2) is 9.71. The Morgan fingerprint density at radius 2 is 1.68 bits per heavy atom. The molecule has 34 heavy (non-hydrogen) atoms. The first-order chi connectivity index (χ1) is 16.1. The van der Waals surface area contributed by atoms with Gasteiger partial charge >= 0.3 is 0 Å². The summed E-state index contributed by atoms with van der Waals surface area (Å²) in [6.07, 6.45) is 2.67. The van der Waals surface area contributed by atoms with Crippen LogP contribution in [0.2, 0.25) is 5.02 Å². The van der Waals surface area contributed by atoms with Gasteiger partial charge in [0.1, 0.15) is 4.90 Å². The molecule has 2 fully saturated rings. The van der Waals surface area contributed by atoms with Crippen molar-refractivity contribution in [1.82, 2.24) is 14.2 Å². The molecule has 3 heterocycles. The summed E-state index contributed by atoms with van der Waals surface area (Å²) in [7, 11) is -3.89. The Balaban J connectivity index is 1.49. The van der Waals surface area contributed by atoms with Crippen LogP contribution in [0.25, 0.3) is 0 Å². The lowest BCUT2D eigenvalue weighted by Crippen LogP contribution is -2.42. The average molecular weight is 507 g/mol. The largest absolute Gasteiger partial charge is 0.361 e. The number of H-pyrrole nitrogens is 1. The highest BCUT2D eigenvalue weighted by Gasteiger charge is 2.38. The highest BCUT2D eigenvalue weighted by molar-refractivity contribution is 7.89. The van der Waals surface area contributed by atoms with Gasteiger partial charge in [-0.15, -0.1) is 0 Å². The van der Waals surface area contributed by atoms with Crippen molar-refractivity contribution < 1.29 is 18.0 Å². The zero-order chi connectivity index (χ0) is 24.6. The molecule has 184 valence electrons. The van der Waals surface area contributed by atoms with Crippen molar-refractivity contribution >= 4 is 39.1 Å². The normalized spacial score (nSPS) is 17.8. The summed E-state index contributed by atoms with van der Waals surface area (Å²) in [6, 6.07) is 5.32. The van der Waals surface area contributed by atoms with Crippen molar-refractivity contribution in [2.45, 2.75) is 51.3 Å². The Hall–Kier alpha value is -2.36. The van der Waals surface area contributed by atoms with Crippen molar-refractivity contribution in [3.63, 3.8) is 0 Å². The molecule has 1 aromatic carbocycles. The number of anilines is 1. The minimum Gasteiger partial charge on any atom is -0.361 e. The van der Waals surface area contributed by atoms with Crippen molar-refractivity contribution in [3.05, 3.63) is 45.7 Å². The van der Waals surface area contributed by atoms with E-state index in [0.29, 0.717) is 48.0 Å². The van der Waals surface area contributed by atoms with Crippen molar-refractivity contribution in [1.29, 1.82) is 0 Å². The zero-order valence-electron chi connectivity index (χ0n) is 19.8. The number of benzene rings is 1. The summed E-state index contributed by atoms with van der Waals surface area (Å²) in [5.41, 5.74) is 2.86. The lowest BCUT2D eigenvalue weighted by molar-refractivity contribution is -0.120. The standard InChI is InChI=1S/C24H31ClN4O4S/c1-15-6-7-19(25)14-20(15)27-23(30)18-8-12-29(13-9-18)34(32,33)22-17(3)26-16(2)21(22)24(31)28-10-4-5-11-28/h6-7,14,18,26H,4-5,8-13H2,1-3H3,(H,27,30). The Labute approximate surface area is 205 Å². The molecule has 0 bridgehead atoms. The number of aromatic amines is 1. The van der Waals surface area contributed by atoms with Gasteiger partial charge in [-0.3, -0.25) is 9.59 Å². The third-order valence-electron chi connectivity index (χ3n) is 6.80. The number of carbonyl (C=O) groups excluding carboxylic acids is 2. The number of halogens is 1. The molecule has 0 radical (unpaired) electrons. The molecule has 1 aromatic heterocycles. The first-order valence-electron chi connectivity index (χ1n) is 11.6. The van der Waals surface area contributed by atoms with Crippen LogP contribution in [0.1, 0.15) is 53.0 Å². The fourth-order valence-corrected chi connectivity index (χ4v) is 6.93. The molecule has 2 amide bonds. The molecule has 2 aliphatic heterocycles. The summed E-state index contributed by atoms with van der Waals surface area (Å²) in [5, 5.41) is 3.47. The monoisotopic (exact) mass is 506 g/mol. The first-order valence-corrected chi connectivity index (χ1v) is 13.5. The molecule has 4 rings (SSSR count). The molecular weight excluding hydrogens is 476 g/mol. The van der Waals surface area contributed by atoms with E-state index in [4.69, 9.17) is 11.6 Å². The van der Waals surface area contributed by atoms with Crippen LogP contribution in [0.3, 0.4) is 0 Å². The number of hydrogen-bond donors (Lipinski definition) is 2. The number of aryl methyl sites for hydroxylation is 3. The van der Waals surface area contributed by atoms with Crippen molar-refractivity contribution in [2.24, 2.45) is 5.92 Å². The van der Waals surface area contributed by atoms with Gasteiger partial charge in [-0.1, -0.05) is 17.7 Å². The second-order valence-corrected chi connectivity index (χ2v) is 11.5. The number of carbonyl (C=O) groups is 2. The van der Waals surface area contributed by atoms with E-state index in [2.05, 4.69) is 10.3 Å². The smallest absolute Gasteiger partial charge is 0.257 e. The van der Waals surface area contributed by atoms with E-state index >= 15 is 0 Å². The van der Waals surface area contributed by atoms with E-state index in [1.54, 1.807) is 30.9 Å². The molecule has 0 atom stereocenters. The minimum atomic E-state index is -3.89. The summed E-state index contributed by atoms with van der Waals surface area (Å²) in [5.74, 6) is -0.672. The summed E-state index contributed by atoms with van der Waals surface area (Å²) >= 11 is 6.05. The van der Waals surface area contributed by atoms with Crippen LogP contribution in [0.5, 0.6) is 0 Å². The molecule has 2 saturated heterocycles. The van der Waals surface area contributed by atoms with Gasteiger partial charge in [-0.2, -0.15) is 4.31 Å². The van der Waals surface area contributed by atoms with Crippen LogP contribution in [0, 0.1) is 26.7 Å². The van der Waals surface area contributed by atoms with Crippen LogP contribution in [0.4, 0.5) is 5.69 Å². The van der Waals surface area contributed by atoms with E-state index in [-0.39, 0.29) is 41.3 Å². The van der Waals surface area contributed by atoms with E-state index in [1.165, 1.54) is 4.31 Å². The van der Waals surface area contributed by atoms with E-state index in [0.717, 1.165) is 18.4 Å². The molecule has 8 nitrogen and oxygen atoms in total. The number of piperidine rings is 1. The molecule has 2 N–H and O–H groups in total. The van der Waals surface area contributed by atoms with E-state index in [9.17, 15) is 18.0 Å². The van der Waals surface area contributed by atoms with Gasteiger partial charge in [0.25, 0.3) is 5.91 Å². The Morgan fingerprint density at radius 3 is 2.32 bits per heavy atom. The maximum absolute atomic E-state index is 13.6. The van der Waals surface area contributed by atoms with Gasteiger partial charge in [0.15, 0.2) is 0 Å². The lowest BCUT2D eigenvalue weighted by Gasteiger charge is -2.31. The minimum absolute atomic E-state index is 0.0688. The number of nitrogens with zero attached hydrogens (tertiary/aromatic N) is 2. The van der Waals surface area contributed by atoms with Gasteiger partial charge in [-0.25, -0.2) is 8.42 Å². The molecule has 10 heteroatoms. The Bertz CT molecular complexity index is 1210. The van der Waals surface area contributed by atoms with Gasteiger partial charge in [0, 0.05) is 54.2 Å². The fourth-order valence-electron chi connectivity index (χ4n) is 4.87. The Morgan fingerprint density at radius 1 is 1.03 bits per heavy atom. The summed E-state index contributed by atoms with van der Waals surface area (Å²) in [4.78, 5) is 30.8. The lowest BCUT2D eigenvalue weighted by atomic mass is 9.97. The summed E-state index contributed by atoms with van der Waals surface area (Å²) in [6.45, 7) is 7.05. The quantitative estimate of drug-likeness (QED) is 0.642. The van der Waals surface area contributed by atoms with Gasteiger partial charge in [0.05, 0.1) is 5.56 Å². The number of aromatic nitrogens is 1. The predicted molar refractivity (Wildman–Crippen MR) is 132 cm³/mol. The predicted octanol–water partition coefficient (Wildman–Crippen LogP) is 3.87. The molecule has 0 unspecified atom stereocenters. The number of amides is 2. The van der Waals surface area contributed by atoms with Crippen LogP contribution in [-0.2, 0) is 14.8 Å². The average Bonchev–Trinajstić information content (AvgIpc) is 3.44. The van der Waals surface area contributed by atoms with Crippen LogP contribution < -0.4 is 5.32 Å². The fraction of sp³-hybridized carbons (Fsp3) is 0.500. The topological polar surface area (TPSA) is 103 Å². The van der Waals surface area contributed by atoms with E-state index in [1.807, 2.05) is 13.0 Å². The molecule has 2 aliphatic rings. The van der Waals surface area contributed by atoms with Crippen LogP contribution in [-0.4, -0.2) is 60.6 Å². The maximum Gasteiger partial charge on any atom is 0.257 e. The van der Waals surface area contributed by atoms with E-state index < -0.39 is 10.0 Å². The molecule has 0 saturated carbocycles.